The van der Waals surface area contributed by atoms with Crippen LogP contribution in [0, 0.1) is 6.92 Å². The predicted octanol–water partition coefficient (Wildman–Crippen LogP) is 0.757. The third-order valence-electron chi connectivity index (χ3n) is 2.35. The van der Waals surface area contributed by atoms with Gasteiger partial charge in [0.2, 0.25) is 5.91 Å². The molecule has 3 N–H and O–H groups in total. The van der Waals surface area contributed by atoms with Crippen molar-refractivity contribution < 1.29 is 9.53 Å². The second-order valence-corrected chi connectivity index (χ2v) is 3.69. The molecule has 0 saturated heterocycles. The van der Waals surface area contributed by atoms with Gasteiger partial charge in [0.25, 0.3) is 0 Å². The second kappa shape index (κ2) is 6.25. The Morgan fingerprint density at radius 2 is 2.06 bits per heavy atom. The molecule has 4 heteroatoms. The molecule has 16 heavy (non-hydrogen) atoms. The number of aryl methyl sites for hydroxylation is 1. The molecule has 1 amide bonds. The molecule has 0 aliphatic carbocycles. The molecule has 1 unspecified atom stereocenters. The number of carbonyl (C=O) groups is 1. The molecule has 0 fully saturated rings. The SMILES string of the molecule is COCCNC(C(N)=O)c1ccc(C)cc1. The van der Waals surface area contributed by atoms with Crippen molar-refractivity contribution in [3.05, 3.63) is 35.4 Å². The largest absolute Gasteiger partial charge is 0.383 e. The van der Waals surface area contributed by atoms with Gasteiger partial charge in [-0.25, -0.2) is 0 Å². The van der Waals surface area contributed by atoms with Crippen LogP contribution in [-0.2, 0) is 9.53 Å². The van der Waals surface area contributed by atoms with Crippen LogP contribution in [0.3, 0.4) is 0 Å². The summed E-state index contributed by atoms with van der Waals surface area (Å²) in [6, 6.07) is 7.29. The molecule has 0 aliphatic rings. The van der Waals surface area contributed by atoms with Crippen LogP contribution in [0.5, 0.6) is 0 Å². The van der Waals surface area contributed by atoms with Crippen molar-refractivity contribution in [3.8, 4) is 0 Å². The molecular formula is C12H18N2O2. The highest BCUT2D eigenvalue weighted by Gasteiger charge is 2.16. The molecule has 1 rings (SSSR count). The summed E-state index contributed by atoms with van der Waals surface area (Å²) in [6.45, 7) is 3.15. The van der Waals surface area contributed by atoms with Gasteiger partial charge in [0, 0.05) is 13.7 Å². The van der Waals surface area contributed by atoms with E-state index in [1.165, 1.54) is 0 Å². The Kier molecular flexibility index (Phi) is 4.95. The molecule has 4 nitrogen and oxygen atoms in total. The highest BCUT2D eigenvalue weighted by atomic mass is 16.5. The zero-order valence-electron chi connectivity index (χ0n) is 9.69. The summed E-state index contributed by atoms with van der Waals surface area (Å²) in [5.74, 6) is -0.375. The Balaban J connectivity index is 2.69. The number of amides is 1. The standard InChI is InChI=1S/C12H18N2O2/c1-9-3-5-10(6-4-9)11(12(13)15)14-7-8-16-2/h3-6,11,14H,7-8H2,1-2H3,(H2,13,15). The number of rotatable bonds is 6. The molecule has 88 valence electrons. The summed E-state index contributed by atoms with van der Waals surface area (Å²) in [7, 11) is 1.62. The summed E-state index contributed by atoms with van der Waals surface area (Å²) in [6.07, 6.45) is 0. The van der Waals surface area contributed by atoms with E-state index in [0.717, 1.165) is 11.1 Å². The lowest BCUT2D eigenvalue weighted by Gasteiger charge is -2.15. The smallest absolute Gasteiger partial charge is 0.239 e. The first-order valence-electron chi connectivity index (χ1n) is 5.23. The first kappa shape index (κ1) is 12.7. The quantitative estimate of drug-likeness (QED) is 0.698. The zero-order valence-corrected chi connectivity index (χ0v) is 9.69. The van der Waals surface area contributed by atoms with Crippen LogP contribution in [0.25, 0.3) is 0 Å². The van der Waals surface area contributed by atoms with Crippen LogP contribution in [0.1, 0.15) is 17.2 Å². The maximum atomic E-state index is 11.3. The van der Waals surface area contributed by atoms with E-state index in [9.17, 15) is 4.79 Å². The van der Waals surface area contributed by atoms with Crippen molar-refractivity contribution in [2.45, 2.75) is 13.0 Å². The van der Waals surface area contributed by atoms with Crippen molar-refractivity contribution >= 4 is 5.91 Å². The lowest BCUT2D eigenvalue weighted by atomic mass is 10.0. The fraction of sp³-hybridized carbons (Fsp3) is 0.417. The molecule has 0 bridgehead atoms. The van der Waals surface area contributed by atoms with Crippen LogP contribution in [0.4, 0.5) is 0 Å². The van der Waals surface area contributed by atoms with Crippen LogP contribution >= 0.6 is 0 Å². The van der Waals surface area contributed by atoms with E-state index in [1.807, 2.05) is 31.2 Å². The monoisotopic (exact) mass is 222 g/mol. The number of methoxy groups -OCH3 is 1. The second-order valence-electron chi connectivity index (χ2n) is 3.69. The van der Waals surface area contributed by atoms with E-state index in [4.69, 9.17) is 10.5 Å². The third kappa shape index (κ3) is 3.64. The minimum atomic E-state index is -0.448. The van der Waals surface area contributed by atoms with E-state index < -0.39 is 6.04 Å². The van der Waals surface area contributed by atoms with Crippen molar-refractivity contribution in [1.82, 2.24) is 5.32 Å². The number of nitrogens with two attached hydrogens (primary N) is 1. The molecule has 0 saturated carbocycles. The first-order valence-corrected chi connectivity index (χ1v) is 5.23. The Hall–Kier alpha value is -1.39. The van der Waals surface area contributed by atoms with Crippen molar-refractivity contribution in [1.29, 1.82) is 0 Å². The van der Waals surface area contributed by atoms with Gasteiger partial charge in [0.05, 0.1) is 6.61 Å². The van der Waals surface area contributed by atoms with Crippen LogP contribution < -0.4 is 11.1 Å². The molecule has 0 aliphatic heterocycles. The van der Waals surface area contributed by atoms with Gasteiger partial charge in [-0.1, -0.05) is 29.8 Å². The van der Waals surface area contributed by atoms with Crippen molar-refractivity contribution in [2.24, 2.45) is 5.73 Å². The molecular weight excluding hydrogens is 204 g/mol. The van der Waals surface area contributed by atoms with Gasteiger partial charge in [-0.05, 0) is 12.5 Å². The number of hydrogen-bond acceptors (Lipinski definition) is 3. The number of benzene rings is 1. The summed E-state index contributed by atoms with van der Waals surface area (Å²) >= 11 is 0. The average molecular weight is 222 g/mol. The number of hydrogen-bond donors (Lipinski definition) is 2. The molecule has 0 spiro atoms. The normalized spacial score (nSPS) is 12.4. The average Bonchev–Trinajstić information content (AvgIpc) is 2.26. The summed E-state index contributed by atoms with van der Waals surface area (Å²) < 4.78 is 4.91. The molecule has 0 heterocycles. The highest BCUT2D eigenvalue weighted by molar-refractivity contribution is 5.81. The summed E-state index contributed by atoms with van der Waals surface area (Å²) in [5, 5.41) is 3.06. The number of nitrogens with one attached hydrogen (secondary N) is 1. The maximum absolute atomic E-state index is 11.3. The fourth-order valence-electron chi connectivity index (χ4n) is 1.45. The van der Waals surface area contributed by atoms with Crippen LogP contribution in [-0.4, -0.2) is 26.2 Å². The van der Waals surface area contributed by atoms with Gasteiger partial charge in [0.1, 0.15) is 6.04 Å². The van der Waals surface area contributed by atoms with E-state index in [2.05, 4.69) is 5.32 Å². The van der Waals surface area contributed by atoms with Crippen LogP contribution in [0.2, 0.25) is 0 Å². The van der Waals surface area contributed by atoms with Crippen LogP contribution in [0.15, 0.2) is 24.3 Å². The van der Waals surface area contributed by atoms with E-state index in [0.29, 0.717) is 13.2 Å². The zero-order chi connectivity index (χ0) is 12.0. The van der Waals surface area contributed by atoms with E-state index in [1.54, 1.807) is 7.11 Å². The van der Waals surface area contributed by atoms with Gasteiger partial charge in [-0.15, -0.1) is 0 Å². The lowest BCUT2D eigenvalue weighted by Crippen LogP contribution is -2.35. The molecule has 0 radical (unpaired) electrons. The van der Waals surface area contributed by atoms with Gasteiger partial charge in [-0.2, -0.15) is 0 Å². The number of primary amides is 1. The number of carbonyl (C=O) groups excluding carboxylic acids is 1. The summed E-state index contributed by atoms with van der Waals surface area (Å²) in [5.41, 5.74) is 7.39. The Morgan fingerprint density at radius 3 is 2.56 bits per heavy atom. The Morgan fingerprint density at radius 1 is 1.44 bits per heavy atom. The van der Waals surface area contributed by atoms with Crippen molar-refractivity contribution in [2.75, 3.05) is 20.3 Å². The topological polar surface area (TPSA) is 64.3 Å². The number of ether oxygens (including phenoxy) is 1. The Bertz CT molecular complexity index is 335. The molecule has 1 atom stereocenters. The van der Waals surface area contributed by atoms with Gasteiger partial charge >= 0.3 is 0 Å². The molecule has 1 aromatic rings. The van der Waals surface area contributed by atoms with E-state index >= 15 is 0 Å². The van der Waals surface area contributed by atoms with Gasteiger partial charge in [0.15, 0.2) is 0 Å². The fourth-order valence-corrected chi connectivity index (χ4v) is 1.45. The minimum Gasteiger partial charge on any atom is -0.383 e. The van der Waals surface area contributed by atoms with Gasteiger partial charge in [-0.3, -0.25) is 10.1 Å². The predicted molar refractivity (Wildman–Crippen MR) is 63.0 cm³/mol. The Labute approximate surface area is 95.8 Å². The molecule has 1 aromatic carbocycles. The lowest BCUT2D eigenvalue weighted by molar-refractivity contribution is -0.120. The third-order valence-corrected chi connectivity index (χ3v) is 2.35. The van der Waals surface area contributed by atoms with Gasteiger partial charge < -0.3 is 10.5 Å². The maximum Gasteiger partial charge on any atom is 0.239 e. The first-order chi connectivity index (χ1) is 7.65. The van der Waals surface area contributed by atoms with E-state index in [-0.39, 0.29) is 5.91 Å². The highest BCUT2D eigenvalue weighted by Crippen LogP contribution is 2.13. The molecule has 0 aromatic heterocycles. The van der Waals surface area contributed by atoms with Crippen molar-refractivity contribution in [3.63, 3.8) is 0 Å². The summed E-state index contributed by atoms with van der Waals surface area (Å²) in [4.78, 5) is 11.3. The minimum absolute atomic E-state index is 0.375.